The molecule has 1 heterocycles. The van der Waals surface area contributed by atoms with Gasteiger partial charge < -0.3 is 5.11 Å². The largest absolute Gasteiger partial charge is 0.419 e. The Labute approximate surface area is 125 Å². The van der Waals surface area contributed by atoms with Gasteiger partial charge in [0.25, 0.3) is 0 Å². The van der Waals surface area contributed by atoms with E-state index < -0.39 is 32.5 Å². The van der Waals surface area contributed by atoms with Crippen LogP contribution in [0.25, 0.3) is 0 Å². The van der Waals surface area contributed by atoms with Crippen molar-refractivity contribution in [3.8, 4) is 0 Å². The summed E-state index contributed by atoms with van der Waals surface area (Å²) in [6.45, 7) is 0.0123. The Balaban J connectivity index is 2.38. The second kappa shape index (κ2) is 6.13. The van der Waals surface area contributed by atoms with Crippen LogP contribution >= 0.6 is 0 Å². The van der Waals surface area contributed by atoms with Crippen LogP contribution in [0.15, 0.2) is 23.1 Å². The lowest BCUT2D eigenvalue weighted by atomic mass is 10.0. The molecule has 124 valence electrons. The van der Waals surface area contributed by atoms with Crippen LogP contribution in [-0.2, 0) is 16.2 Å². The Bertz CT molecular complexity index is 645. The highest BCUT2D eigenvalue weighted by atomic mass is 32.2. The maximum Gasteiger partial charge on any atom is 0.419 e. The number of piperidine rings is 1. The highest BCUT2D eigenvalue weighted by Gasteiger charge is 2.37. The van der Waals surface area contributed by atoms with Gasteiger partial charge >= 0.3 is 6.18 Å². The molecule has 1 aliphatic rings. The van der Waals surface area contributed by atoms with Crippen molar-refractivity contribution in [1.29, 1.82) is 0 Å². The maximum absolute atomic E-state index is 13.3. The molecule has 1 fully saturated rings. The minimum absolute atomic E-state index is 0.0392. The van der Waals surface area contributed by atoms with E-state index in [-0.39, 0.29) is 25.6 Å². The van der Waals surface area contributed by atoms with E-state index in [1.807, 2.05) is 0 Å². The molecule has 22 heavy (non-hydrogen) atoms. The fraction of sp³-hybridized carbons (Fsp3) is 0.538. The minimum Gasteiger partial charge on any atom is -0.396 e. The quantitative estimate of drug-likeness (QED) is 0.858. The van der Waals surface area contributed by atoms with Crippen LogP contribution in [0.2, 0.25) is 0 Å². The Hall–Kier alpha value is -1.19. The third kappa shape index (κ3) is 3.41. The van der Waals surface area contributed by atoms with E-state index in [0.29, 0.717) is 25.0 Å². The number of sulfonamides is 1. The lowest BCUT2D eigenvalue weighted by molar-refractivity contribution is -0.140. The second-order valence-corrected chi connectivity index (χ2v) is 7.13. The number of halogens is 4. The molecule has 0 aromatic heterocycles. The molecule has 0 radical (unpaired) electrons. The van der Waals surface area contributed by atoms with E-state index >= 15 is 0 Å². The number of aliphatic hydroxyl groups excluding tert-OH is 1. The van der Waals surface area contributed by atoms with E-state index in [0.717, 1.165) is 10.4 Å². The summed E-state index contributed by atoms with van der Waals surface area (Å²) in [5.41, 5.74) is -1.61. The molecule has 1 N–H and O–H groups in total. The van der Waals surface area contributed by atoms with E-state index in [2.05, 4.69) is 0 Å². The first-order valence-electron chi connectivity index (χ1n) is 6.64. The van der Waals surface area contributed by atoms with E-state index in [9.17, 15) is 26.0 Å². The summed E-state index contributed by atoms with van der Waals surface area (Å²) in [4.78, 5) is -0.597. The average Bonchev–Trinajstić information content (AvgIpc) is 2.46. The highest BCUT2D eigenvalue weighted by Crippen LogP contribution is 2.34. The minimum atomic E-state index is -4.97. The molecule has 0 spiro atoms. The lowest BCUT2D eigenvalue weighted by Crippen LogP contribution is -2.40. The maximum atomic E-state index is 13.3. The molecular weight excluding hydrogens is 326 g/mol. The number of hydrogen-bond acceptors (Lipinski definition) is 3. The number of rotatable bonds is 3. The van der Waals surface area contributed by atoms with Gasteiger partial charge in [0.1, 0.15) is 5.82 Å². The van der Waals surface area contributed by atoms with Crippen LogP contribution in [0.4, 0.5) is 17.6 Å². The smallest absolute Gasteiger partial charge is 0.396 e. The van der Waals surface area contributed by atoms with E-state index in [4.69, 9.17) is 5.11 Å². The second-order valence-electron chi connectivity index (χ2n) is 5.19. The van der Waals surface area contributed by atoms with Gasteiger partial charge in [-0.1, -0.05) is 0 Å². The summed E-state index contributed by atoms with van der Waals surface area (Å²) in [5.74, 6) is -1.76. The number of alkyl halides is 3. The summed E-state index contributed by atoms with van der Waals surface area (Å²) in [6.07, 6.45) is -3.80. The standard InChI is InChI=1S/C13H15F4NO3S/c14-12-4-3-10(6-11(12)13(15,16)17)22(20,21)18-5-1-2-9(7-18)8-19/h3-4,6,9,19H,1-2,5,7-8H2/t9-/m0/s1. The van der Waals surface area contributed by atoms with Crippen LogP contribution in [0.5, 0.6) is 0 Å². The first-order valence-corrected chi connectivity index (χ1v) is 8.08. The predicted octanol–water partition coefficient (Wildman–Crippen LogP) is 2.24. The monoisotopic (exact) mass is 341 g/mol. The molecule has 1 aromatic carbocycles. The Kier molecular flexibility index (Phi) is 4.78. The zero-order valence-corrected chi connectivity index (χ0v) is 12.3. The number of hydrogen-bond donors (Lipinski definition) is 1. The molecule has 0 aliphatic carbocycles. The van der Waals surface area contributed by atoms with E-state index in [1.165, 1.54) is 0 Å². The molecule has 2 rings (SSSR count). The zero-order valence-electron chi connectivity index (χ0n) is 11.5. The molecular formula is C13H15F4NO3S. The van der Waals surface area contributed by atoms with Crippen molar-refractivity contribution in [3.05, 3.63) is 29.6 Å². The molecule has 0 unspecified atom stereocenters. The third-order valence-corrected chi connectivity index (χ3v) is 5.48. The molecule has 4 nitrogen and oxygen atoms in total. The van der Waals surface area contributed by atoms with Gasteiger partial charge in [0.2, 0.25) is 10.0 Å². The fourth-order valence-electron chi connectivity index (χ4n) is 2.43. The molecule has 9 heteroatoms. The summed E-state index contributed by atoms with van der Waals surface area (Å²) in [6, 6.07) is 1.64. The first kappa shape index (κ1) is 17.2. The molecule has 1 saturated heterocycles. The van der Waals surface area contributed by atoms with Crippen molar-refractivity contribution < 1.29 is 31.1 Å². The third-order valence-electron chi connectivity index (χ3n) is 3.62. The van der Waals surface area contributed by atoms with Gasteiger partial charge in [-0.3, -0.25) is 0 Å². The highest BCUT2D eigenvalue weighted by molar-refractivity contribution is 7.89. The molecule has 0 amide bonds. The Morgan fingerprint density at radius 1 is 1.32 bits per heavy atom. The van der Waals surface area contributed by atoms with Crippen LogP contribution in [-0.4, -0.2) is 37.5 Å². The van der Waals surface area contributed by atoms with Gasteiger partial charge in [0.05, 0.1) is 10.5 Å². The van der Waals surface area contributed by atoms with E-state index in [1.54, 1.807) is 0 Å². The van der Waals surface area contributed by atoms with Crippen molar-refractivity contribution in [2.75, 3.05) is 19.7 Å². The predicted molar refractivity (Wildman–Crippen MR) is 70.0 cm³/mol. The van der Waals surface area contributed by atoms with Crippen molar-refractivity contribution >= 4 is 10.0 Å². The van der Waals surface area contributed by atoms with Crippen LogP contribution in [0.1, 0.15) is 18.4 Å². The van der Waals surface area contributed by atoms with Crippen molar-refractivity contribution in [2.45, 2.75) is 23.9 Å². The van der Waals surface area contributed by atoms with Gasteiger partial charge in [0, 0.05) is 19.7 Å². The zero-order chi connectivity index (χ0) is 16.5. The normalized spacial score (nSPS) is 21.0. The molecule has 0 saturated carbocycles. The summed E-state index contributed by atoms with van der Waals surface area (Å²) >= 11 is 0. The number of nitrogens with zero attached hydrogens (tertiary/aromatic N) is 1. The van der Waals surface area contributed by atoms with Gasteiger partial charge in [-0.15, -0.1) is 0 Å². The molecule has 1 atom stereocenters. The van der Waals surface area contributed by atoms with Gasteiger partial charge in [-0.05, 0) is 37.0 Å². The topological polar surface area (TPSA) is 57.6 Å². The van der Waals surface area contributed by atoms with Crippen molar-refractivity contribution in [3.63, 3.8) is 0 Å². The van der Waals surface area contributed by atoms with Crippen molar-refractivity contribution in [2.24, 2.45) is 5.92 Å². The SMILES string of the molecule is O=S(=O)(c1ccc(F)c(C(F)(F)F)c1)N1CCC[C@H](CO)C1. The number of benzene rings is 1. The first-order chi connectivity index (χ1) is 10.2. The van der Waals surface area contributed by atoms with Crippen molar-refractivity contribution in [1.82, 2.24) is 4.31 Å². The number of aliphatic hydroxyl groups is 1. The summed E-state index contributed by atoms with van der Waals surface area (Å²) in [5, 5.41) is 9.11. The Morgan fingerprint density at radius 2 is 2.00 bits per heavy atom. The van der Waals surface area contributed by atoms with Crippen LogP contribution in [0, 0.1) is 11.7 Å². The van der Waals surface area contributed by atoms with Gasteiger partial charge in [0.15, 0.2) is 0 Å². The fourth-order valence-corrected chi connectivity index (χ4v) is 4.01. The van der Waals surface area contributed by atoms with Crippen LogP contribution in [0.3, 0.4) is 0 Å². The average molecular weight is 341 g/mol. The summed E-state index contributed by atoms with van der Waals surface area (Å²) in [7, 11) is -4.15. The van der Waals surface area contributed by atoms with Gasteiger partial charge in [-0.2, -0.15) is 17.5 Å². The summed E-state index contributed by atoms with van der Waals surface area (Å²) < 4.78 is 77.2. The molecule has 0 bridgehead atoms. The molecule has 1 aliphatic heterocycles. The molecule has 1 aromatic rings. The van der Waals surface area contributed by atoms with Crippen LogP contribution < -0.4 is 0 Å². The lowest BCUT2D eigenvalue weighted by Gasteiger charge is -2.31. The van der Waals surface area contributed by atoms with Gasteiger partial charge in [-0.25, -0.2) is 12.8 Å². The Morgan fingerprint density at radius 3 is 2.59 bits per heavy atom.